The monoisotopic (exact) mass is 479 g/mol. The van der Waals surface area contributed by atoms with Gasteiger partial charge in [-0.25, -0.2) is 4.98 Å². The van der Waals surface area contributed by atoms with Gasteiger partial charge in [0.15, 0.2) is 0 Å². The summed E-state index contributed by atoms with van der Waals surface area (Å²) in [6.45, 7) is 1.91. The van der Waals surface area contributed by atoms with E-state index in [9.17, 15) is 4.79 Å². The van der Waals surface area contributed by atoms with Crippen molar-refractivity contribution in [3.05, 3.63) is 84.0 Å². The Bertz CT molecular complexity index is 1510. The Morgan fingerprint density at radius 3 is 2.57 bits per heavy atom. The number of piperidine rings is 1. The smallest absolute Gasteiger partial charge is 0.251 e. The number of carbonyl (C=O) groups excluding carboxylic acids is 1. The first-order valence-corrected chi connectivity index (χ1v) is 12.7. The Morgan fingerprint density at radius 1 is 0.886 bits per heavy atom. The van der Waals surface area contributed by atoms with Crippen molar-refractivity contribution in [1.82, 2.24) is 20.6 Å². The standard InChI is InChI=1S/C28H25N5OS/c34-28(33-21-9-12-29-13-10-21)19-3-1-18(2-4-19)20-5-7-23-24(11-14-30-25(23)15-20)32-22-6-8-27-26(16-22)31-17-35-27/h1-8,11,14-17,21,29H,9-10,12-13H2,(H,30,32)(H,33,34). The van der Waals surface area contributed by atoms with Crippen molar-refractivity contribution >= 4 is 49.7 Å². The van der Waals surface area contributed by atoms with Crippen LogP contribution in [0.4, 0.5) is 11.4 Å². The van der Waals surface area contributed by atoms with Crippen molar-refractivity contribution in [2.45, 2.75) is 18.9 Å². The Hall–Kier alpha value is -3.81. The van der Waals surface area contributed by atoms with Gasteiger partial charge in [-0.2, -0.15) is 0 Å². The lowest BCUT2D eigenvalue weighted by atomic mass is 10.0. The lowest BCUT2D eigenvalue weighted by molar-refractivity contribution is 0.0929. The number of fused-ring (bicyclic) bond motifs is 2. The number of carbonyl (C=O) groups is 1. The van der Waals surface area contributed by atoms with Crippen molar-refractivity contribution in [3.63, 3.8) is 0 Å². The minimum atomic E-state index is -0.00446. The lowest BCUT2D eigenvalue weighted by Gasteiger charge is -2.23. The third-order valence-corrected chi connectivity index (χ3v) is 7.32. The summed E-state index contributed by atoms with van der Waals surface area (Å²) >= 11 is 1.64. The molecule has 7 heteroatoms. The molecule has 1 saturated heterocycles. The van der Waals surface area contributed by atoms with E-state index in [0.717, 1.165) is 64.9 Å². The highest BCUT2D eigenvalue weighted by molar-refractivity contribution is 7.16. The van der Waals surface area contributed by atoms with Crippen LogP contribution in [0.15, 0.2) is 78.4 Å². The molecule has 1 amide bonds. The topological polar surface area (TPSA) is 78.9 Å². The lowest BCUT2D eigenvalue weighted by Crippen LogP contribution is -2.42. The summed E-state index contributed by atoms with van der Waals surface area (Å²) in [4.78, 5) is 21.6. The minimum absolute atomic E-state index is 0.00446. The van der Waals surface area contributed by atoms with E-state index in [1.54, 1.807) is 11.3 Å². The number of benzene rings is 3. The first kappa shape index (κ1) is 21.7. The van der Waals surface area contributed by atoms with Gasteiger partial charge in [0.05, 0.1) is 21.2 Å². The predicted molar refractivity (Wildman–Crippen MR) is 143 cm³/mol. The van der Waals surface area contributed by atoms with E-state index in [1.165, 1.54) is 4.70 Å². The average Bonchev–Trinajstić information content (AvgIpc) is 3.37. The van der Waals surface area contributed by atoms with Gasteiger partial charge in [-0.15, -0.1) is 11.3 Å². The number of hydrogen-bond acceptors (Lipinski definition) is 6. The molecule has 1 fully saturated rings. The molecule has 0 saturated carbocycles. The van der Waals surface area contributed by atoms with E-state index in [4.69, 9.17) is 0 Å². The number of nitrogens with zero attached hydrogens (tertiary/aromatic N) is 2. The van der Waals surface area contributed by atoms with Gasteiger partial charge >= 0.3 is 0 Å². The third kappa shape index (κ3) is 4.60. The molecule has 5 aromatic rings. The number of nitrogens with one attached hydrogen (secondary N) is 3. The molecule has 3 heterocycles. The van der Waals surface area contributed by atoms with Crippen LogP contribution < -0.4 is 16.0 Å². The van der Waals surface area contributed by atoms with Gasteiger partial charge in [-0.05, 0) is 79.5 Å². The van der Waals surface area contributed by atoms with Gasteiger partial charge in [-0.1, -0.05) is 24.3 Å². The van der Waals surface area contributed by atoms with E-state index in [1.807, 2.05) is 42.0 Å². The van der Waals surface area contributed by atoms with Gasteiger partial charge in [-0.3, -0.25) is 9.78 Å². The van der Waals surface area contributed by atoms with Crippen molar-refractivity contribution in [2.75, 3.05) is 18.4 Å². The fourth-order valence-corrected chi connectivity index (χ4v) is 5.24. The molecule has 1 aliphatic heterocycles. The molecule has 2 aromatic heterocycles. The maximum absolute atomic E-state index is 12.6. The first-order valence-electron chi connectivity index (χ1n) is 11.8. The molecular weight excluding hydrogens is 454 g/mol. The summed E-state index contributed by atoms with van der Waals surface area (Å²) < 4.78 is 1.18. The van der Waals surface area contributed by atoms with Crippen molar-refractivity contribution in [3.8, 4) is 11.1 Å². The van der Waals surface area contributed by atoms with Gasteiger partial charge in [0, 0.05) is 34.6 Å². The second-order valence-corrected chi connectivity index (χ2v) is 9.71. The number of amides is 1. The highest BCUT2D eigenvalue weighted by Crippen LogP contribution is 2.30. The van der Waals surface area contributed by atoms with Crippen LogP contribution in [0, 0.1) is 0 Å². The fourth-order valence-electron chi connectivity index (χ4n) is 4.58. The molecule has 0 spiro atoms. The maximum Gasteiger partial charge on any atom is 0.251 e. The van der Waals surface area contributed by atoms with E-state index < -0.39 is 0 Å². The second-order valence-electron chi connectivity index (χ2n) is 8.83. The fraction of sp³-hybridized carbons (Fsp3) is 0.179. The van der Waals surface area contributed by atoms with Crippen LogP contribution in [0.5, 0.6) is 0 Å². The average molecular weight is 480 g/mol. The third-order valence-electron chi connectivity index (χ3n) is 6.51. The number of hydrogen-bond donors (Lipinski definition) is 3. The van der Waals surface area contributed by atoms with Gasteiger partial charge in [0.2, 0.25) is 0 Å². The van der Waals surface area contributed by atoms with Crippen molar-refractivity contribution < 1.29 is 4.79 Å². The van der Waals surface area contributed by atoms with Crippen LogP contribution in [0.3, 0.4) is 0 Å². The predicted octanol–water partition coefficient (Wildman–Crippen LogP) is 5.74. The molecular formula is C28H25N5OS. The van der Waals surface area contributed by atoms with Crippen LogP contribution in [-0.2, 0) is 0 Å². The summed E-state index contributed by atoms with van der Waals surface area (Å²) in [6.07, 6.45) is 3.78. The Kier molecular flexibility index (Phi) is 5.86. The molecule has 0 radical (unpaired) electrons. The van der Waals surface area contributed by atoms with E-state index in [-0.39, 0.29) is 11.9 Å². The molecule has 3 aromatic carbocycles. The van der Waals surface area contributed by atoms with Crippen LogP contribution in [0.2, 0.25) is 0 Å². The SMILES string of the molecule is O=C(NC1CCNCC1)c1ccc(-c2ccc3c(Nc4ccc5scnc5c4)ccnc3c2)cc1. The molecule has 0 unspecified atom stereocenters. The van der Waals surface area contributed by atoms with Crippen molar-refractivity contribution in [1.29, 1.82) is 0 Å². The molecule has 0 aliphatic carbocycles. The molecule has 6 nitrogen and oxygen atoms in total. The number of pyridine rings is 1. The highest BCUT2D eigenvalue weighted by atomic mass is 32.1. The number of rotatable bonds is 5. The molecule has 174 valence electrons. The molecule has 6 rings (SSSR count). The van der Waals surface area contributed by atoms with Crippen LogP contribution >= 0.6 is 11.3 Å². The zero-order chi connectivity index (χ0) is 23.6. The van der Waals surface area contributed by atoms with Crippen LogP contribution in [-0.4, -0.2) is 35.0 Å². The Morgan fingerprint density at radius 2 is 1.71 bits per heavy atom. The number of thiazole rings is 1. The van der Waals surface area contributed by atoms with E-state index >= 15 is 0 Å². The molecule has 0 bridgehead atoms. The first-order chi connectivity index (χ1) is 17.2. The largest absolute Gasteiger partial charge is 0.355 e. The summed E-state index contributed by atoms with van der Waals surface area (Å²) in [7, 11) is 0. The zero-order valence-electron chi connectivity index (χ0n) is 19.1. The molecule has 3 N–H and O–H groups in total. The molecule has 1 aliphatic rings. The van der Waals surface area contributed by atoms with Gasteiger partial charge in [0.1, 0.15) is 0 Å². The molecule has 0 atom stereocenters. The summed E-state index contributed by atoms with van der Waals surface area (Å²) in [5.41, 5.74) is 8.58. The Labute approximate surface area is 207 Å². The number of aromatic nitrogens is 2. The summed E-state index contributed by atoms with van der Waals surface area (Å²) in [5.74, 6) is -0.00446. The maximum atomic E-state index is 12.6. The number of anilines is 2. The van der Waals surface area contributed by atoms with Crippen LogP contribution in [0.1, 0.15) is 23.2 Å². The van der Waals surface area contributed by atoms with Gasteiger partial charge in [0.25, 0.3) is 5.91 Å². The zero-order valence-corrected chi connectivity index (χ0v) is 19.9. The molecule has 35 heavy (non-hydrogen) atoms. The quantitative estimate of drug-likeness (QED) is 0.300. The summed E-state index contributed by atoms with van der Waals surface area (Å²) in [6, 6.07) is 22.6. The van der Waals surface area contributed by atoms with Gasteiger partial charge < -0.3 is 16.0 Å². The van der Waals surface area contributed by atoms with Crippen LogP contribution in [0.25, 0.3) is 32.2 Å². The van der Waals surface area contributed by atoms with Crippen molar-refractivity contribution in [2.24, 2.45) is 0 Å². The minimum Gasteiger partial charge on any atom is -0.355 e. The van der Waals surface area contributed by atoms with E-state index in [2.05, 4.69) is 62.3 Å². The van der Waals surface area contributed by atoms with E-state index in [0.29, 0.717) is 5.56 Å². The normalized spacial score (nSPS) is 14.3. The second kappa shape index (κ2) is 9.44. The highest BCUT2D eigenvalue weighted by Gasteiger charge is 2.16. The summed E-state index contributed by atoms with van der Waals surface area (Å²) in [5, 5.41) is 11.0. The Balaban J connectivity index is 1.22.